The molecule has 11 rings (SSSR count). The second-order valence-electron chi connectivity index (χ2n) is 18.0. The van der Waals surface area contributed by atoms with Crippen LogP contribution in [0.15, 0.2) is 176 Å². The van der Waals surface area contributed by atoms with E-state index in [1.807, 2.05) is 12.1 Å². The highest BCUT2D eigenvalue weighted by atomic mass is 15.2. The van der Waals surface area contributed by atoms with Crippen molar-refractivity contribution in [1.82, 2.24) is 14.5 Å². The molecule has 0 radical (unpaired) electrons. The minimum Gasteiger partial charge on any atom is -0.278 e. The first-order chi connectivity index (χ1) is 29.9. The van der Waals surface area contributed by atoms with Crippen molar-refractivity contribution in [3.8, 4) is 50.6 Å². The van der Waals surface area contributed by atoms with Crippen molar-refractivity contribution in [3.05, 3.63) is 187 Å². The molecule has 60 heavy (non-hydrogen) atoms. The maximum absolute atomic E-state index is 10.4. The molecule has 0 amide bonds. The van der Waals surface area contributed by atoms with E-state index in [2.05, 4.69) is 198 Å². The van der Waals surface area contributed by atoms with Crippen LogP contribution in [-0.4, -0.2) is 14.5 Å². The summed E-state index contributed by atoms with van der Waals surface area (Å²) < 4.78 is 22.9. The molecule has 2 heterocycles. The molecule has 0 saturated heterocycles. The molecule has 0 N–H and O–H groups in total. The molecule has 0 spiro atoms. The number of rotatable bonds is 5. The molecule has 0 unspecified atom stereocenters. The second kappa shape index (κ2) is 13.1. The van der Waals surface area contributed by atoms with Gasteiger partial charge in [0.1, 0.15) is 0 Å². The number of hydrogen-bond donors (Lipinski definition) is 0. The largest absolute Gasteiger partial charge is 0.278 e. The van der Waals surface area contributed by atoms with E-state index in [4.69, 9.17) is 9.97 Å². The Morgan fingerprint density at radius 1 is 0.433 bits per heavy atom. The molecular weight excluding hydrogens is 727 g/mol. The summed E-state index contributed by atoms with van der Waals surface area (Å²) in [6, 6.07) is 58.0. The normalized spacial score (nSPS) is 15.7. The predicted octanol–water partition coefficient (Wildman–Crippen LogP) is 15.1. The topological polar surface area (TPSA) is 30.7 Å². The fraction of sp³-hybridized carbons (Fsp3) is 0.158. The van der Waals surface area contributed by atoms with Gasteiger partial charge in [-0.05, 0) is 102 Å². The first kappa shape index (κ1) is 34.1. The summed E-state index contributed by atoms with van der Waals surface area (Å²) in [6.45, 7) is 13.7. The lowest BCUT2D eigenvalue weighted by atomic mass is 9.59. The van der Waals surface area contributed by atoms with E-state index in [1.54, 1.807) is 0 Å². The van der Waals surface area contributed by atoms with E-state index in [-0.39, 0.29) is 16.2 Å². The smallest absolute Gasteiger partial charge is 0.235 e. The van der Waals surface area contributed by atoms with Crippen LogP contribution >= 0.6 is 0 Å². The van der Waals surface area contributed by atoms with Gasteiger partial charge in [0.2, 0.25) is 5.95 Å². The number of fused-ring (bicyclic) bond motifs is 7. The van der Waals surface area contributed by atoms with Crippen molar-refractivity contribution in [3.63, 3.8) is 0 Å². The van der Waals surface area contributed by atoms with Crippen molar-refractivity contribution in [2.45, 2.75) is 52.4 Å². The summed E-state index contributed by atoms with van der Waals surface area (Å²) in [4.78, 5) is 10.8. The summed E-state index contributed by atoms with van der Waals surface area (Å²) in [5, 5.41) is 5.32. The van der Waals surface area contributed by atoms with Gasteiger partial charge in [0.15, 0.2) is 0 Å². The molecule has 0 saturated carbocycles. The number of nitrogens with zero attached hydrogens (tertiary/aromatic N) is 3. The summed E-state index contributed by atoms with van der Waals surface area (Å²) >= 11 is 0. The Morgan fingerprint density at radius 3 is 1.75 bits per heavy atom. The fourth-order valence-electron chi connectivity index (χ4n) is 9.94. The van der Waals surface area contributed by atoms with Gasteiger partial charge in [0.05, 0.1) is 25.0 Å². The van der Waals surface area contributed by atoms with Crippen LogP contribution in [0.2, 0.25) is 0 Å². The van der Waals surface area contributed by atoms with Gasteiger partial charge in [0.25, 0.3) is 0 Å². The zero-order chi connectivity index (χ0) is 42.7. The minimum atomic E-state index is -0.376. The van der Waals surface area contributed by atoms with E-state index in [9.17, 15) is 2.74 Å². The van der Waals surface area contributed by atoms with Crippen LogP contribution < -0.4 is 0 Å². The molecule has 3 heteroatoms. The molecule has 290 valence electrons. The van der Waals surface area contributed by atoms with Crippen molar-refractivity contribution < 1.29 is 2.74 Å². The van der Waals surface area contributed by atoms with Gasteiger partial charge < -0.3 is 0 Å². The van der Waals surface area contributed by atoms with Crippen LogP contribution in [0.5, 0.6) is 0 Å². The van der Waals surface area contributed by atoms with Gasteiger partial charge in [-0.15, -0.1) is 0 Å². The average Bonchev–Trinajstić information content (AvgIpc) is 3.68. The first-order valence-electron chi connectivity index (χ1n) is 22.0. The Morgan fingerprint density at radius 2 is 1.02 bits per heavy atom. The molecule has 0 fully saturated rings. The van der Waals surface area contributed by atoms with Crippen LogP contribution in [-0.2, 0) is 10.8 Å². The lowest BCUT2D eigenvalue weighted by Crippen LogP contribution is -2.42. The first-order valence-corrected chi connectivity index (χ1v) is 21.0. The Bertz CT molecular complexity index is 3450. The van der Waals surface area contributed by atoms with Crippen LogP contribution in [0.25, 0.3) is 94.1 Å². The molecule has 8 aromatic carbocycles. The molecule has 2 aromatic heterocycles. The molecule has 0 atom stereocenters. The second-order valence-corrected chi connectivity index (χ2v) is 18.0. The van der Waals surface area contributed by atoms with Crippen molar-refractivity contribution >= 4 is 43.5 Å². The zero-order valence-corrected chi connectivity index (χ0v) is 34.9. The van der Waals surface area contributed by atoms with E-state index in [1.165, 1.54) is 0 Å². The highest BCUT2D eigenvalue weighted by Crippen LogP contribution is 2.63. The Balaban J connectivity index is 1.22. The summed E-state index contributed by atoms with van der Waals surface area (Å²) in [5.74, 6) is 0.600. The van der Waals surface area contributed by atoms with Crippen molar-refractivity contribution in [2.75, 3.05) is 0 Å². The minimum absolute atomic E-state index is 0.232. The predicted molar refractivity (Wildman–Crippen MR) is 253 cm³/mol. The van der Waals surface area contributed by atoms with Gasteiger partial charge in [-0.2, -0.15) is 0 Å². The van der Waals surface area contributed by atoms with Crippen LogP contribution in [0, 0.1) is 5.41 Å². The SMILES string of the molecule is [2H]c1c(-c2ccc3c(c2)c2ccccc2n3-c2nc(-c3ccccc3)c3ccc4ccccc4c3n2)c(-c2ccccc2-c2ccccc2)c([2H])c2c1C(C)(C)C(C)(C)C2(C)C. The third-order valence-corrected chi connectivity index (χ3v) is 14.4. The third-order valence-electron chi connectivity index (χ3n) is 14.4. The lowest BCUT2D eigenvalue weighted by Gasteiger charge is -2.44. The Labute approximate surface area is 354 Å². The molecule has 3 nitrogen and oxygen atoms in total. The van der Waals surface area contributed by atoms with Gasteiger partial charge >= 0.3 is 0 Å². The maximum atomic E-state index is 10.4. The Kier molecular flexibility index (Phi) is 7.43. The van der Waals surface area contributed by atoms with Crippen molar-refractivity contribution in [2.24, 2.45) is 5.41 Å². The van der Waals surface area contributed by atoms with Gasteiger partial charge in [-0.3, -0.25) is 4.57 Å². The van der Waals surface area contributed by atoms with E-state index >= 15 is 0 Å². The van der Waals surface area contributed by atoms with Gasteiger partial charge in [-0.1, -0.05) is 181 Å². The van der Waals surface area contributed by atoms with Crippen LogP contribution in [0.1, 0.15) is 55.4 Å². The van der Waals surface area contributed by atoms with E-state index < -0.39 is 0 Å². The zero-order valence-electron chi connectivity index (χ0n) is 36.9. The number of para-hydroxylation sites is 1. The summed E-state index contributed by atoms with van der Waals surface area (Å²) in [6.07, 6.45) is 0. The fourth-order valence-corrected chi connectivity index (χ4v) is 9.94. The van der Waals surface area contributed by atoms with E-state index in [0.717, 1.165) is 99.2 Å². The molecule has 1 aliphatic rings. The van der Waals surface area contributed by atoms with E-state index in [0.29, 0.717) is 18.0 Å². The lowest BCUT2D eigenvalue weighted by molar-refractivity contribution is 0.125. The number of hydrogen-bond acceptors (Lipinski definition) is 2. The van der Waals surface area contributed by atoms with Crippen LogP contribution in [0.3, 0.4) is 0 Å². The van der Waals surface area contributed by atoms with Gasteiger partial charge in [0, 0.05) is 27.1 Å². The Hall–Kier alpha value is -6.84. The van der Waals surface area contributed by atoms with Gasteiger partial charge in [-0.25, -0.2) is 9.97 Å². The molecule has 0 bridgehead atoms. The summed E-state index contributed by atoms with van der Waals surface area (Å²) in [7, 11) is 0. The summed E-state index contributed by atoms with van der Waals surface area (Å²) in [5.41, 5.74) is 11.4. The monoisotopic (exact) mass is 775 g/mol. The third kappa shape index (κ3) is 5.15. The molecule has 0 aliphatic heterocycles. The quantitative estimate of drug-likeness (QED) is 0.163. The highest BCUT2D eigenvalue weighted by molar-refractivity contribution is 6.12. The standard InChI is InChI=1S/C57H47N3/c1-55(2)48-34-45(46(35-49(48)56(3,4)57(55,5)6)42-26-16-15-24-40(42)36-19-9-7-10-20-36)39-30-32-51-47(33-39)43-27-17-18-28-50(43)60(51)54-58-52(38-22-11-8-12-23-38)44-31-29-37-21-13-14-25-41(37)53(44)59-54/h7-35H,1-6H3/i34D,35D. The number of benzene rings is 8. The van der Waals surface area contributed by atoms with Crippen molar-refractivity contribution in [1.29, 1.82) is 0 Å². The van der Waals surface area contributed by atoms with Crippen LogP contribution in [0.4, 0.5) is 0 Å². The average molecular weight is 776 g/mol. The highest BCUT2D eigenvalue weighted by Gasteiger charge is 2.57. The molecule has 1 aliphatic carbocycles. The molecule has 10 aromatic rings. The number of aromatic nitrogens is 3. The maximum Gasteiger partial charge on any atom is 0.235 e. The molecular formula is C57H47N3.